The van der Waals surface area contributed by atoms with Crippen LogP contribution in [0.1, 0.15) is 33.2 Å². The molecule has 2 aromatic carbocycles. The van der Waals surface area contributed by atoms with E-state index in [0.717, 1.165) is 22.0 Å². The molecule has 10 heteroatoms. The molecule has 4 rings (SSSR count). The highest BCUT2D eigenvalue weighted by molar-refractivity contribution is 5.95. The Balaban J connectivity index is 1.59. The summed E-state index contributed by atoms with van der Waals surface area (Å²) in [5.41, 5.74) is 0.133. The molecule has 1 amide bonds. The number of alkyl halides is 3. The number of benzene rings is 2. The molecule has 1 saturated heterocycles. The third-order valence-electron chi connectivity index (χ3n) is 5.76. The van der Waals surface area contributed by atoms with Gasteiger partial charge in [0.1, 0.15) is 5.82 Å². The summed E-state index contributed by atoms with van der Waals surface area (Å²) in [7, 11) is 0. The minimum Gasteiger partial charge on any atom is -0.379 e. The van der Waals surface area contributed by atoms with Crippen LogP contribution in [0.2, 0.25) is 0 Å². The average molecular weight is 476 g/mol. The Morgan fingerprint density at radius 2 is 1.74 bits per heavy atom. The van der Waals surface area contributed by atoms with E-state index in [1.165, 1.54) is 24.3 Å². The fraction of sp³-hybridized carbons (Fsp3) is 0.333. The Morgan fingerprint density at radius 3 is 2.35 bits per heavy atom. The molecule has 0 bridgehead atoms. The molecule has 0 radical (unpaired) electrons. The van der Waals surface area contributed by atoms with Gasteiger partial charge in [0, 0.05) is 19.6 Å². The van der Waals surface area contributed by atoms with Crippen molar-refractivity contribution in [3.8, 4) is 5.69 Å². The van der Waals surface area contributed by atoms with Crippen LogP contribution in [0, 0.1) is 12.7 Å². The highest BCUT2D eigenvalue weighted by Crippen LogP contribution is 2.34. The molecular weight excluding hydrogens is 452 g/mol. The van der Waals surface area contributed by atoms with Gasteiger partial charge >= 0.3 is 6.18 Å². The van der Waals surface area contributed by atoms with Crippen molar-refractivity contribution in [1.29, 1.82) is 0 Å². The zero-order chi connectivity index (χ0) is 24.3. The number of morpholine rings is 1. The molecule has 1 aliphatic rings. The van der Waals surface area contributed by atoms with Crippen molar-refractivity contribution in [3.05, 3.63) is 82.9 Å². The predicted molar refractivity (Wildman–Crippen MR) is 117 cm³/mol. The van der Waals surface area contributed by atoms with Gasteiger partial charge in [-0.05, 0) is 36.8 Å². The van der Waals surface area contributed by atoms with Crippen molar-refractivity contribution in [2.75, 3.05) is 32.8 Å². The third kappa shape index (κ3) is 5.28. The van der Waals surface area contributed by atoms with Gasteiger partial charge in [-0.15, -0.1) is 0 Å². The number of hydrogen-bond donors (Lipinski definition) is 1. The summed E-state index contributed by atoms with van der Waals surface area (Å²) in [6.45, 7) is 4.01. The van der Waals surface area contributed by atoms with E-state index in [-0.39, 0.29) is 18.3 Å². The SMILES string of the molecule is Cc1ccc(-n2ncc(C(=O)NCC(c3ccc(F)cc3)N3CCOCC3)c2C(F)(F)F)cc1. The Morgan fingerprint density at radius 1 is 1.09 bits per heavy atom. The fourth-order valence-corrected chi connectivity index (χ4v) is 3.99. The van der Waals surface area contributed by atoms with Crippen molar-refractivity contribution in [2.24, 2.45) is 0 Å². The lowest BCUT2D eigenvalue weighted by molar-refractivity contribution is -0.143. The van der Waals surface area contributed by atoms with E-state index in [2.05, 4.69) is 15.3 Å². The summed E-state index contributed by atoms with van der Waals surface area (Å²) < 4.78 is 61.4. The van der Waals surface area contributed by atoms with Crippen molar-refractivity contribution in [1.82, 2.24) is 20.0 Å². The molecule has 180 valence electrons. The van der Waals surface area contributed by atoms with Gasteiger partial charge in [-0.2, -0.15) is 18.3 Å². The Bertz CT molecular complexity index is 1120. The van der Waals surface area contributed by atoms with Gasteiger partial charge in [-0.3, -0.25) is 9.69 Å². The van der Waals surface area contributed by atoms with Crippen LogP contribution in [0.4, 0.5) is 17.6 Å². The molecule has 0 aliphatic carbocycles. The van der Waals surface area contributed by atoms with Crippen molar-refractivity contribution < 1.29 is 27.1 Å². The van der Waals surface area contributed by atoms with E-state index in [1.807, 2.05) is 6.92 Å². The maximum Gasteiger partial charge on any atom is 0.434 e. The third-order valence-corrected chi connectivity index (χ3v) is 5.76. The highest BCUT2D eigenvalue weighted by atomic mass is 19.4. The summed E-state index contributed by atoms with van der Waals surface area (Å²) >= 11 is 0. The van der Waals surface area contributed by atoms with Crippen molar-refractivity contribution in [3.63, 3.8) is 0 Å². The average Bonchev–Trinajstić information content (AvgIpc) is 3.27. The van der Waals surface area contributed by atoms with Crippen LogP contribution in [-0.4, -0.2) is 53.4 Å². The lowest BCUT2D eigenvalue weighted by atomic mass is 10.0. The first kappa shape index (κ1) is 23.9. The zero-order valence-corrected chi connectivity index (χ0v) is 18.5. The van der Waals surface area contributed by atoms with E-state index in [0.29, 0.717) is 26.3 Å². The van der Waals surface area contributed by atoms with E-state index >= 15 is 0 Å². The van der Waals surface area contributed by atoms with E-state index < -0.39 is 29.2 Å². The van der Waals surface area contributed by atoms with Crippen molar-refractivity contribution in [2.45, 2.75) is 19.1 Å². The van der Waals surface area contributed by atoms with Crippen LogP contribution in [-0.2, 0) is 10.9 Å². The number of hydrogen-bond acceptors (Lipinski definition) is 4. The van der Waals surface area contributed by atoms with Crippen molar-refractivity contribution >= 4 is 5.91 Å². The predicted octanol–water partition coefficient (Wildman–Crippen LogP) is 4.14. The topological polar surface area (TPSA) is 59.4 Å². The van der Waals surface area contributed by atoms with Crippen LogP contribution in [0.3, 0.4) is 0 Å². The molecule has 0 spiro atoms. The van der Waals surface area contributed by atoms with Crippen LogP contribution < -0.4 is 5.32 Å². The smallest absolute Gasteiger partial charge is 0.379 e. The number of aromatic nitrogens is 2. The van der Waals surface area contributed by atoms with Crippen LogP contribution >= 0.6 is 0 Å². The summed E-state index contributed by atoms with van der Waals surface area (Å²) in [5.74, 6) is -1.28. The number of ether oxygens (including phenoxy) is 1. The van der Waals surface area contributed by atoms with Crippen LogP contribution in [0.25, 0.3) is 5.69 Å². The number of rotatable bonds is 6. The Labute approximate surface area is 194 Å². The summed E-state index contributed by atoms with van der Waals surface area (Å²) in [4.78, 5) is 15.0. The van der Waals surface area contributed by atoms with Gasteiger partial charge in [-0.1, -0.05) is 29.8 Å². The number of nitrogens with one attached hydrogen (secondary N) is 1. The largest absolute Gasteiger partial charge is 0.434 e. The quantitative estimate of drug-likeness (QED) is 0.544. The van der Waals surface area contributed by atoms with Gasteiger partial charge in [-0.25, -0.2) is 9.07 Å². The van der Waals surface area contributed by atoms with E-state index in [1.54, 1.807) is 24.3 Å². The molecule has 3 aromatic rings. The standard InChI is InChI=1S/C24H24F4N4O2/c1-16-2-8-19(9-3-16)32-22(24(26,27)28)20(14-30-32)23(33)29-15-21(31-10-12-34-13-11-31)17-4-6-18(25)7-5-17/h2-9,14,21H,10-13,15H2,1H3,(H,29,33). The molecule has 1 N–H and O–H groups in total. The molecule has 1 fully saturated rings. The van der Waals surface area contributed by atoms with E-state index in [4.69, 9.17) is 4.74 Å². The van der Waals surface area contributed by atoms with Gasteiger partial charge in [0.15, 0.2) is 5.69 Å². The summed E-state index contributed by atoms with van der Waals surface area (Å²) in [6.07, 6.45) is -3.87. The number of carbonyl (C=O) groups is 1. The molecule has 0 saturated carbocycles. The molecule has 1 atom stereocenters. The van der Waals surface area contributed by atoms with Gasteiger partial charge in [0.25, 0.3) is 5.91 Å². The number of amides is 1. The number of nitrogens with zero attached hydrogens (tertiary/aromatic N) is 3. The van der Waals surface area contributed by atoms with Gasteiger partial charge in [0.2, 0.25) is 0 Å². The Hall–Kier alpha value is -3.24. The highest BCUT2D eigenvalue weighted by Gasteiger charge is 2.40. The number of aryl methyl sites for hydroxylation is 1. The molecule has 1 aromatic heterocycles. The summed E-state index contributed by atoms with van der Waals surface area (Å²) in [5, 5.41) is 6.48. The number of carbonyl (C=O) groups excluding carboxylic acids is 1. The van der Waals surface area contributed by atoms with Gasteiger partial charge in [0.05, 0.1) is 36.7 Å². The second-order valence-corrected chi connectivity index (χ2v) is 8.08. The molecule has 1 aliphatic heterocycles. The number of halogens is 4. The monoisotopic (exact) mass is 476 g/mol. The maximum atomic E-state index is 14.0. The first-order valence-corrected chi connectivity index (χ1v) is 10.8. The second kappa shape index (κ2) is 9.94. The zero-order valence-electron chi connectivity index (χ0n) is 18.5. The minimum atomic E-state index is -4.80. The lowest BCUT2D eigenvalue weighted by Gasteiger charge is -2.35. The fourth-order valence-electron chi connectivity index (χ4n) is 3.99. The molecule has 1 unspecified atom stereocenters. The summed E-state index contributed by atoms with van der Waals surface area (Å²) in [6, 6.07) is 11.9. The lowest BCUT2D eigenvalue weighted by Crippen LogP contribution is -2.44. The molecule has 2 heterocycles. The maximum absolute atomic E-state index is 14.0. The first-order chi connectivity index (χ1) is 16.2. The second-order valence-electron chi connectivity index (χ2n) is 8.08. The first-order valence-electron chi connectivity index (χ1n) is 10.8. The van der Waals surface area contributed by atoms with Crippen LogP contribution in [0.5, 0.6) is 0 Å². The van der Waals surface area contributed by atoms with Crippen LogP contribution in [0.15, 0.2) is 54.7 Å². The molecule has 34 heavy (non-hydrogen) atoms. The van der Waals surface area contributed by atoms with Gasteiger partial charge < -0.3 is 10.1 Å². The normalized spacial score (nSPS) is 15.8. The minimum absolute atomic E-state index is 0.0392. The van der Waals surface area contributed by atoms with E-state index in [9.17, 15) is 22.4 Å². The molecular formula is C24H24F4N4O2. The molecule has 6 nitrogen and oxygen atoms in total. The Kier molecular flexibility index (Phi) is 6.99.